The van der Waals surface area contributed by atoms with Gasteiger partial charge >= 0.3 is 0 Å². The SMILES string of the molecule is COc1cc(C)c(/C=C(/C#N)C(=O)Nc2ccccc2)cc1C(C)C. The average Bonchev–Trinajstić information content (AvgIpc) is 2.60. The zero-order chi connectivity index (χ0) is 18.4. The Hall–Kier alpha value is -3.06. The Bertz CT molecular complexity index is 831. The molecule has 0 aromatic heterocycles. The molecule has 128 valence electrons. The van der Waals surface area contributed by atoms with Gasteiger partial charge in [-0.2, -0.15) is 5.26 Å². The highest BCUT2D eigenvalue weighted by Gasteiger charge is 2.13. The standard InChI is InChI=1S/C21H22N2O2/c1-14(2)19-12-16(15(3)10-20(19)25-4)11-17(13-22)21(24)23-18-8-6-5-7-9-18/h5-12,14H,1-4H3,(H,23,24)/b17-11-. The Morgan fingerprint density at radius 2 is 1.92 bits per heavy atom. The fourth-order valence-corrected chi connectivity index (χ4v) is 2.52. The van der Waals surface area contributed by atoms with Crippen LogP contribution in [0.5, 0.6) is 5.75 Å². The molecule has 2 aromatic rings. The van der Waals surface area contributed by atoms with Crippen molar-refractivity contribution in [3.8, 4) is 11.8 Å². The van der Waals surface area contributed by atoms with Crippen molar-refractivity contribution >= 4 is 17.7 Å². The van der Waals surface area contributed by atoms with Crippen LogP contribution in [-0.2, 0) is 4.79 Å². The lowest BCUT2D eigenvalue weighted by atomic mass is 9.95. The highest BCUT2D eigenvalue weighted by atomic mass is 16.5. The van der Waals surface area contributed by atoms with E-state index in [0.717, 1.165) is 22.4 Å². The van der Waals surface area contributed by atoms with E-state index in [2.05, 4.69) is 19.2 Å². The number of rotatable bonds is 5. The van der Waals surface area contributed by atoms with Gasteiger partial charge in [-0.1, -0.05) is 32.0 Å². The van der Waals surface area contributed by atoms with Crippen molar-refractivity contribution in [3.05, 3.63) is 64.7 Å². The number of nitrogens with zero attached hydrogens (tertiary/aromatic N) is 1. The van der Waals surface area contributed by atoms with Crippen molar-refractivity contribution in [1.82, 2.24) is 0 Å². The summed E-state index contributed by atoms with van der Waals surface area (Å²) in [6.07, 6.45) is 1.62. The van der Waals surface area contributed by atoms with E-state index >= 15 is 0 Å². The third-order valence-electron chi connectivity index (χ3n) is 3.94. The van der Waals surface area contributed by atoms with Crippen LogP contribution in [0.25, 0.3) is 6.08 Å². The van der Waals surface area contributed by atoms with Crippen molar-refractivity contribution in [2.75, 3.05) is 12.4 Å². The van der Waals surface area contributed by atoms with E-state index in [0.29, 0.717) is 5.69 Å². The third-order valence-corrected chi connectivity index (χ3v) is 3.94. The Labute approximate surface area is 148 Å². The Balaban J connectivity index is 2.37. The number of methoxy groups -OCH3 is 1. The van der Waals surface area contributed by atoms with Gasteiger partial charge in [-0.05, 0) is 59.9 Å². The first-order valence-electron chi connectivity index (χ1n) is 8.13. The van der Waals surface area contributed by atoms with Crippen molar-refractivity contribution in [2.45, 2.75) is 26.7 Å². The molecule has 2 aromatic carbocycles. The van der Waals surface area contributed by atoms with Crippen LogP contribution in [0.4, 0.5) is 5.69 Å². The van der Waals surface area contributed by atoms with E-state index in [1.165, 1.54) is 0 Å². The monoisotopic (exact) mass is 334 g/mol. The maximum atomic E-state index is 12.4. The van der Waals surface area contributed by atoms with Gasteiger partial charge in [-0.25, -0.2) is 0 Å². The van der Waals surface area contributed by atoms with Crippen LogP contribution in [0.3, 0.4) is 0 Å². The summed E-state index contributed by atoms with van der Waals surface area (Å²) >= 11 is 0. The molecule has 0 spiro atoms. The van der Waals surface area contributed by atoms with Gasteiger partial charge in [-0.3, -0.25) is 4.79 Å². The van der Waals surface area contributed by atoms with Gasteiger partial charge < -0.3 is 10.1 Å². The largest absolute Gasteiger partial charge is 0.496 e. The number of anilines is 1. The van der Waals surface area contributed by atoms with E-state index in [9.17, 15) is 10.1 Å². The second-order valence-corrected chi connectivity index (χ2v) is 6.10. The summed E-state index contributed by atoms with van der Waals surface area (Å²) in [4.78, 5) is 12.4. The number of carbonyl (C=O) groups is 1. The van der Waals surface area contributed by atoms with Crippen molar-refractivity contribution in [2.24, 2.45) is 0 Å². The van der Waals surface area contributed by atoms with Gasteiger partial charge in [0.1, 0.15) is 17.4 Å². The van der Waals surface area contributed by atoms with Gasteiger partial charge in [0, 0.05) is 5.69 Å². The summed E-state index contributed by atoms with van der Waals surface area (Å²) in [5.41, 5.74) is 3.54. The maximum Gasteiger partial charge on any atom is 0.266 e. The van der Waals surface area contributed by atoms with Crippen molar-refractivity contribution in [1.29, 1.82) is 5.26 Å². The number of ether oxygens (including phenoxy) is 1. The molecule has 0 radical (unpaired) electrons. The zero-order valence-corrected chi connectivity index (χ0v) is 15.0. The minimum atomic E-state index is -0.421. The number of aryl methyl sites for hydroxylation is 1. The van der Waals surface area contributed by atoms with Gasteiger partial charge in [0.05, 0.1) is 7.11 Å². The normalized spacial score (nSPS) is 11.1. The lowest BCUT2D eigenvalue weighted by Crippen LogP contribution is -2.13. The summed E-state index contributed by atoms with van der Waals surface area (Å²) in [7, 11) is 1.64. The lowest BCUT2D eigenvalue weighted by Gasteiger charge is -2.15. The fourth-order valence-electron chi connectivity index (χ4n) is 2.52. The van der Waals surface area contributed by atoms with Gasteiger partial charge in [0.2, 0.25) is 0 Å². The molecule has 0 heterocycles. The smallest absolute Gasteiger partial charge is 0.266 e. The summed E-state index contributed by atoms with van der Waals surface area (Å²) < 4.78 is 5.44. The first-order chi connectivity index (χ1) is 12.0. The number of amides is 1. The molecule has 0 bridgehead atoms. The molecule has 0 saturated heterocycles. The van der Waals surface area contributed by atoms with Gasteiger partial charge in [-0.15, -0.1) is 0 Å². The number of hydrogen-bond acceptors (Lipinski definition) is 3. The molecule has 0 aliphatic rings. The fraction of sp³-hybridized carbons (Fsp3) is 0.238. The topological polar surface area (TPSA) is 62.1 Å². The predicted octanol–water partition coefficient (Wildman–Crippen LogP) is 4.67. The molecule has 0 fully saturated rings. The van der Waals surface area contributed by atoms with E-state index < -0.39 is 5.91 Å². The van der Waals surface area contributed by atoms with Crippen molar-refractivity contribution in [3.63, 3.8) is 0 Å². The van der Waals surface area contributed by atoms with Crippen molar-refractivity contribution < 1.29 is 9.53 Å². The van der Waals surface area contributed by atoms with Crippen LogP contribution >= 0.6 is 0 Å². The zero-order valence-electron chi connectivity index (χ0n) is 15.0. The highest BCUT2D eigenvalue weighted by Crippen LogP contribution is 2.30. The molecule has 1 amide bonds. The second-order valence-electron chi connectivity index (χ2n) is 6.10. The van der Waals surface area contributed by atoms with Crippen LogP contribution in [0.1, 0.15) is 36.5 Å². The van der Waals surface area contributed by atoms with Crippen LogP contribution in [0.15, 0.2) is 48.0 Å². The molecular formula is C21H22N2O2. The summed E-state index contributed by atoms with van der Waals surface area (Å²) in [6.45, 7) is 6.09. The first kappa shape index (κ1) is 18.3. The predicted molar refractivity (Wildman–Crippen MR) is 100 cm³/mol. The summed E-state index contributed by atoms with van der Waals surface area (Å²) in [5.74, 6) is 0.665. The second kappa shape index (κ2) is 8.16. The number of nitriles is 1. The quantitative estimate of drug-likeness (QED) is 0.638. The van der Waals surface area contributed by atoms with E-state index in [-0.39, 0.29) is 11.5 Å². The number of hydrogen-bond donors (Lipinski definition) is 1. The Kier molecular flexibility index (Phi) is 5.97. The number of nitrogens with one attached hydrogen (secondary N) is 1. The summed E-state index contributed by atoms with van der Waals surface area (Å²) in [6, 6.07) is 15.0. The molecule has 0 saturated carbocycles. The molecule has 25 heavy (non-hydrogen) atoms. The van der Waals surface area contributed by atoms with Crippen LogP contribution in [-0.4, -0.2) is 13.0 Å². The highest BCUT2D eigenvalue weighted by molar-refractivity contribution is 6.09. The van der Waals surface area contributed by atoms with E-state index in [4.69, 9.17) is 4.74 Å². The maximum absolute atomic E-state index is 12.4. The Morgan fingerprint density at radius 3 is 2.48 bits per heavy atom. The molecule has 0 unspecified atom stereocenters. The third kappa shape index (κ3) is 4.48. The minimum Gasteiger partial charge on any atom is -0.496 e. The molecular weight excluding hydrogens is 312 g/mol. The lowest BCUT2D eigenvalue weighted by molar-refractivity contribution is -0.112. The number of para-hydroxylation sites is 1. The molecule has 4 nitrogen and oxygen atoms in total. The minimum absolute atomic E-state index is 0.0619. The van der Waals surface area contributed by atoms with Crippen LogP contribution in [0, 0.1) is 18.3 Å². The number of benzene rings is 2. The average molecular weight is 334 g/mol. The van der Waals surface area contributed by atoms with Gasteiger partial charge in [0.25, 0.3) is 5.91 Å². The van der Waals surface area contributed by atoms with E-state index in [1.807, 2.05) is 43.3 Å². The van der Waals surface area contributed by atoms with Crippen LogP contribution in [0.2, 0.25) is 0 Å². The first-order valence-corrected chi connectivity index (χ1v) is 8.13. The molecule has 4 heteroatoms. The summed E-state index contributed by atoms with van der Waals surface area (Å²) in [5, 5.41) is 12.1. The van der Waals surface area contributed by atoms with Crippen LogP contribution < -0.4 is 10.1 Å². The molecule has 2 rings (SSSR count). The molecule has 1 N–H and O–H groups in total. The number of carbonyl (C=O) groups excluding carboxylic acids is 1. The molecule has 0 atom stereocenters. The molecule has 0 aliphatic heterocycles. The Morgan fingerprint density at radius 1 is 1.24 bits per heavy atom. The molecule has 0 aliphatic carbocycles. The van der Waals surface area contributed by atoms with Gasteiger partial charge in [0.15, 0.2) is 0 Å². The van der Waals surface area contributed by atoms with E-state index in [1.54, 1.807) is 25.3 Å².